The number of rotatable bonds is 7. The highest BCUT2D eigenvalue weighted by Crippen LogP contribution is 2.28. The van der Waals surface area contributed by atoms with Crippen LogP contribution >= 0.6 is 23.1 Å². The molecule has 0 aliphatic heterocycles. The van der Waals surface area contributed by atoms with Crippen LogP contribution in [0.3, 0.4) is 0 Å². The minimum Gasteiger partial charge on any atom is -0.301 e. The number of nitrogens with zero attached hydrogens (tertiary/aromatic N) is 4. The second-order valence-corrected chi connectivity index (χ2v) is 8.28. The van der Waals surface area contributed by atoms with Gasteiger partial charge in [-0.15, -0.1) is 28.1 Å². The Morgan fingerprint density at radius 2 is 2.22 bits per heavy atom. The molecular formula is C19H21N5OS2. The van der Waals surface area contributed by atoms with Crippen LogP contribution in [0.15, 0.2) is 47.5 Å². The fourth-order valence-electron chi connectivity index (χ4n) is 2.50. The third-order valence-corrected chi connectivity index (χ3v) is 5.76. The molecule has 2 heterocycles. The smallest absolute Gasteiger partial charge is 0.239 e. The lowest BCUT2D eigenvalue weighted by atomic mass is 10.1. The van der Waals surface area contributed by atoms with E-state index in [4.69, 9.17) is 0 Å². The van der Waals surface area contributed by atoms with Crippen LogP contribution in [0, 0.1) is 13.8 Å². The van der Waals surface area contributed by atoms with Gasteiger partial charge in [-0.25, -0.2) is 4.98 Å². The summed E-state index contributed by atoms with van der Waals surface area (Å²) in [5, 5.41) is 14.4. The van der Waals surface area contributed by atoms with E-state index in [9.17, 15) is 4.79 Å². The van der Waals surface area contributed by atoms with Crippen molar-refractivity contribution >= 4 is 34.1 Å². The standard InChI is InChI=1S/C19H21N5OS2/c1-5-9-24-16(15-8-6-7-12(2)10-15)22-23-19(24)27-14(4)17(25)21-18-20-13(3)11-26-18/h5-8,10-11,14H,1,9H2,2-4H3,(H,20,21,25)/t14-/m1/s1. The number of thioether (sulfide) groups is 1. The van der Waals surface area contributed by atoms with E-state index in [-0.39, 0.29) is 11.2 Å². The number of carbonyl (C=O) groups excluding carboxylic acids is 1. The fraction of sp³-hybridized carbons (Fsp3) is 0.263. The molecule has 6 nitrogen and oxygen atoms in total. The second kappa shape index (κ2) is 8.49. The zero-order valence-corrected chi connectivity index (χ0v) is 17.1. The van der Waals surface area contributed by atoms with Gasteiger partial charge in [-0.1, -0.05) is 41.6 Å². The number of anilines is 1. The number of amides is 1. The van der Waals surface area contributed by atoms with Gasteiger partial charge in [-0.05, 0) is 26.8 Å². The molecule has 0 unspecified atom stereocenters. The van der Waals surface area contributed by atoms with Crippen LogP contribution in [0.1, 0.15) is 18.2 Å². The Bertz CT molecular complexity index is 963. The lowest BCUT2D eigenvalue weighted by Gasteiger charge is -2.12. The first kappa shape index (κ1) is 19.3. The highest BCUT2D eigenvalue weighted by molar-refractivity contribution is 8.00. The summed E-state index contributed by atoms with van der Waals surface area (Å²) in [7, 11) is 0. The molecule has 8 heteroatoms. The number of hydrogen-bond donors (Lipinski definition) is 1. The van der Waals surface area contributed by atoms with Crippen LogP contribution in [-0.2, 0) is 11.3 Å². The summed E-state index contributed by atoms with van der Waals surface area (Å²) in [4.78, 5) is 16.7. The van der Waals surface area contributed by atoms with Gasteiger partial charge in [-0.2, -0.15) is 0 Å². The first-order valence-electron chi connectivity index (χ1n) is 8.48. The fourth-order valence-corrected chi connectivity index (χ4v) is 4.05. The van der Waals surface area contributed by atoms with E-state index in [1.165, 1.54) is 23.1 Å². The van der Waals surface area contributed by atoms with Crippen LogP contribution in [0.4, 0.5) is 5.13 Å². The number of hydrogen-bond acceptors (Lipinski definition) is 6. The van der Waals surface area contributed by atoms with E-state index in [0.29, 0.717) is 16.8 Å². The van der Waals surface area contributed by atoms with E-state index in [2.05, 4.69) is 33.1 Å². The molecule has 1 aromatic carbocycles. The summed E-state index contributed by atoms with van der Waals surface area (Å²) in [5.74, 6) is 0.656. The molecule has 27 heavy (non-hydrogen) atoms. The summed E-state index contributed by atoms with van der Waals surface area (Å²) >= 11 is 2.79. The third kappa shape index (κ3) is 4.64. The molecule has 0 bridgehead atoms. The van der Waals surface area contributed by atoms with Crippen molar-refractivity contribution in [2.75, 3.05) is 5.32 Å². The Kier molecular flexibility index (Phi) is 6.08. The number of nitrogens with one attached hydrogen (secondary N) is 1. The molecule has 3 rings (SSSR count). The van der Waals surface area contributed by atoms with Crippen molar-refractivity contribution in [2.45, 2.75) is 37.7 Å². The van der Waals surface area contributed by atoms with E-state index < -0.39 is 0 Å². The molecule has 3 aromatic rings. The predicted octanol–water partition coefficient (Wildman–Crippen LogP) is 4.32. The minimum atomic E-state index is -0.340. The van der Waals surface area contributed by atoms with Gasteiger partial charge in [0.15, 0.2) is 16.1 Å². The van der Waals surface area contributed by atoms with Crippen molar-refractivity contribution in [3.8, 4) is 11.4 Å². The highest BCUT2D eigenvalue weighted by Gasteiger charge is 2.21. The molecule has 1 N–H and O–H groups in total. The Morgan fingerprint density at radius 1 is 1.41 bits per heavy atom. The molecule has 0 aliphatic rings. The summed E-state index contributed by atoms with van der Waals surface area (Å²) in [6.45, 7) is 10.2. The monoisotopic (exact) mass is 399 g/mol. The average Bonchev–Trinajstić information content (AvgIpc) is 3.22. The van der Waals surface area contributed by atoms with Gasteiger partial charge in [0.25, 0.3) is 0 Å². The predicted molar refractivity (Wildman–Crippen MR) is 111 cm³/mol. The number of allylic oxidation sites excluding steroid dienone is 1. The van der Waals surface area contributed by atoms with Gasteiger partial charge < -0.3 is 5.32 Å². The van der Waals surface area contributed by atoms with Crippen LogP contribution in [0.2, 0.25) is 0 Å². The normalized spacial score (nSPS) is 12.0. The summed E-state index contributed by atoms with van der Waals surface area (Å²) in [5.41, 5.74) is 3.04. The molecule has 0 radical (unpaired) electrons. The average molecular weight is 400 g/mol. The second-order valence-electron chi connectivity index (χ2n) is 6.12. The molecule has 0 fully saturated rings. The topological polar surface area (TPSA) is 72.7 Å². The third-order valence-electron chi connectivity index (χ3n) is 3.81. The van der Waals surface area contributed by atoms with Gasteiger partial charge in [0, 0.05) is 17.5 Å². The van der Waals surface area contributed by atoms with Crippen LogP contribution in [0.5, 0.6) is 0 Å². The molecule has 0 spiro atoms. The van der Waals surface area contributed by atoms with Gasteiger partial charge in [0.1, 0.15) is 0 Å². The molecular weight excluding hydrogens is 378 g/mol. The van der Waals surface area contributed by atoms with Crippen molar-refractivity contribution in [2.24, 2.45) is 0 Å². The molecule has 0 aliphatic carbocycles. The van der Waals surface area contributed by atoms with Gasteiger partial charge >= 0.3 is 0 Å². The Morgan fingerprint density at radius 3 is 2.89 bits per heavy atom. The van der Waals surface area contributed by atoms with E-state index in [0.717, 1.165) is 22.6 Å². The Labute approximate surface area is 166 Å². The SMILES string of the molecule is C=CCn1c(S[C@H](C)C(=O)Nc2nc(C)cs2)nnc1-c1cccc(C)c1. The molecule has 2 aromatic heterocycles. The maximum Gasteiger partial charge on any atom is 0.239 e. The van der Waals surface area contributed by atoms with Crippen molar-refractivity contribution < 1.29 is 4.79 Å². The number of aryl methyl sites for hydroxylation is 2. The number of benzene rings is 1. The van der Waals surface area contributed by atoms with Crippen LogP contribution < -0.4 is 5.32 Å². The van der Waals surface area contributed by atoms with Crippen LogP contribution in [-0.4, -0.2) is 30.9 Å². The maximum atomic E-state index is 12.5. The van der Waals surface area contributed by atoms with E-state index >= 15 is 0 Å². The summed E-state index contributed by atoms with van der Waals surface area (Å²) < 4.78 is 1.98. The van der Waals surface area contributed by atoms with Crippen molar-refractivity contribution in [3.05, 3.63) is 53.6 Å². The van der Waals surface area contributed by atoms with Crippen LogP contribution in [0.25, 0.3) is 11.4 Å². The quantitative estimate of drug-likeness (QED) is 0.473. The molecule has 140 valence electrons. The molecule has 0 saturated heterocycles. The molecule has 1 amide bonds. The molecule has 1 atom stereocenters. The van der Waals surface area contributed by atoms with Crippen molar-refractivity contribution in [1.29, 1.82) is 0 Å². The van der Waals surface area contributed by atoms with Gasteiger partial charge in [0.05, 0.1) is 10.9 Å². The number of aromatic nitrogens is 4. The Balaban J connectivity index is 1.79. The van der Waals surface area contributed by atoms with Crippen molar-refractivity contribution in [3.63, 3.8) is 0 Å². The lowest BCUT2D eigenvalue weighted by Crippen LogP contribution is -2.22. The largest absolute Gasteiger partial charge is 0.301 e. The Hall–Kier alpha value is -2.45. The summed E-state index contributed by atoms with van der Waals surface area (Å²) in [6.07, 6.45) is 1.80. The first-order valence-corrected chi connectivity index (χ1v) is 10.2. The zero-order chi connectivity index (χ0) is 19.4. The first-order chi connectivity index (χ1) is 13.0. The number of thiazole rings is 1. The van der Waals surface area contributed by atoms with E-state index in [1.54, 1.807) is 6.08 Å². The lowest BCUT2D eigenvalue weighted by molar-refractivity contribution is -0.115. The maximum absolute atomic E-state index is 12.5. The highest BCUT2D eigenvalue weighted by atomic mass is 32.2. The van der Waals surface area contributed by atoms with Gasteiger partial charge in [-0.3, -0.25) is 9.36 Å². The van der Waals surface area contributed by atoms with Crippen molar-refractivity contribution in [1.82, 2.24) is 19.7 Å². The van der Waals surface area contributed by atoms with E-state index in [1.807, 2.05) is 48.9 Å². The molecule has 0 saturated carbocycles. The number of carbonyl (C=O) groups is 1. The minimum absolute atomic E-state index is 0.111. The zero-order valence-electron chi connectivity index (χ0n) is 15.5. The summed E-state index contributed by atoms with van der Waals surface area (Å²) in [6, 6.07) is 8.11. The van der Waals surface area contributed by atoms with Gasteiger partial charge in [0.2, 0.25) is 5.91 Å².